The number of aromatic nitrogens is 9. The number of benzene rings is 8. The molecule has 9 aromatic heterocycles. The van der Waals surface area contributed by atoms with Gasteiger partial charge in [0.2, 0.25) is 0 Å². The number of pyridine rings is 6. The maximum absolute atomic E-state index is 13.6. The van der Waals surface area contributed by atoms with Crippen LogP contribution in [0.1, 0.15) is 138 Å². The van der Waals surface area contributed by atoms with Crippen molar-refractivity contribution in [1.29, 1.82) is 0 Å². The Hall–Kier alpha value is -11.3. The molecule has 2 N–H and O–H groups in total. The van der Waals surface area contributed by atoms with E-state index in [9.17, 15) is 31.2 Å². The molecule has 4 saturated heterocycles. The van der Waals surface area contributed by atoms with Crippen LogP contribution in [0.15, 0.2) is 296 Å². The Bertz CT molecular complexity index is 7990. The molecule has 17 aromatic rings. The molecule has 25 nitrogen and oxygen atoms in total. The minimum Gasteiger partial charge on any atom is -0.870 e. The maximum Gasteiger partial charge on any atom is 1.00 e. The molecule has 6 atom stereocenters. The van der Waals surface area contributed by atoms with Crippen molar-refractivity contribution in [2.24, 2.45) is 21.1 Å². The first-order valence-corrected chi connectivity index (χ1v) is 53.6. The summed E-state index contributed by atoms with van der Waals surface area (Å²) in [7, 11) is -3.24. The van der Waals surface area contributed by atoms with E-state index in [4.69, 9.17) is 38.5 Å². The van der Waals surface area contributed by atoms with Gasteiger partial charge in [0.1, 0.15) is 53.6 Å². The minimum absolute atomic E-state index is 0. The van der Waals surface area contributed by atoms with Crippen LogP contribution < -0.4 is 87.7 Å². The van der Waals surface area contributed by atoms with Gasteiger partial charge in [0, 0.05) is 168 Å². The average molecular weight is 2090 g/mol. The summed E-state index contributed by atoms with van der Waals surface area (Å²) in [5.41, 5.74) is 13.7. The fraction of sp³-hybridized carbons (Fsp3) is 0.328. The van der Waals surface area contributed by atoms with Gasteiger partial charge >= 0.3 is 58.5 Å². The van der Waals surface area contributed by atoms with Gasteiger partial charge in [-0.25, -0.2) is 39.7 Å². The number of nitrogens with zero attached hydrogens (tertiary/aromatic N) is 11. The van der Waals surface area contributed by atoms with E-state index in [1.807, 2.05) is 117 Å². The normalized spacial score (nSPS) is 18.1. The van der Waals surface area contributed by atoms with E-state index in [-0.39, 0.29) is 102 Å². The molecule has 4 fully saturated rings. The van der Waals surface area contributed by atoms with Crippen molar-refractivity contribution in [1.82, 2.24) is 56.3 Å². The SMILES string of the molecule is C[C@@H]1CCC[C@H](C)N1CCOc1ccc(-c2ccc3nc(-c4cn(C)c(=O)c5[nH]ccc45)ccc3c2)cc1.C[C@@H]1CCC[C@H](C)N1CCOc1ccc(B2OC(C)(C)C(C)(C)O2)cc1.Cc1ccc(S(=O)(=O)n2ccc3c(-c4ccc5cc(-c6ccc(OCCN7[C@H](C)CCC[C@@H]7C)cc6)ccc5n4)cn(C)c(=O)c32)cc1.Cc1ccc(S(=O)(=O)n2ccc3c(-c4ccc5cc(Br)ccc5n4)cn(C)c(=O)c32)cc1.[K+].[OH-]. The van der Waals surface area contributed by atoms with Crippen LogP contribution in [0, 0.1) is 13.8 Å². The maximum atomic E-state index is 13.6. The second-order valence-electron chi connectivity index (χ2n) is 40.1. The van der Waals surface area contributed by atoms with Crippen LogP contribution in [-0.4, -0.2) is 173 Å². The number of aromatic amines is 1. The van der Waals surface area contributed by atoms with Gasteiger partial charge in [-0.3, -0.25) is 29.1 Å². The van der Waals surface area contributed by atoms with Gasteiger partial charge in [0.25, 0.3) is 36.7 Å². The predicted molar refractivity (Wildman–Crippen MR) is 585 cm³/mol. The molecule has 4 aliphatic heterocycles. The quantitative estimate of drug-likeness (QED) is 0.0617. The number of nitrogens with one attached hydrogen (secondary N) is 1. The number of ether oxygens (including phenoxy) is 3. The first kappa shape index (κ1) is 107. The van der Waals surface area contributed by atoms with E-state index in [1.165, 1.54) is 79.3 Å². The minimum atomic E-state index is -3.99. The van der Waals surface area contributed by atoms with Gasteiger partial charge in [0.05, 0.1) is 54.6 Å². The second-order valence-corrected chi connectivity index (χ2v) is 44.7. The van der Waals surface area contributed by atoms with Gasteiger partial charge < -0.3 is 47.7 Å². The number of H-pyrrole nitrogens is 1. The second kappa shape index (κ2) is 45.4. The van der Waals surface area contributed by atoms with Crippen molar-refractivity contribution in [2.75, 3.05) is 39.5 Å². The molecular weight excluding hydrogens is 1960 g/mol. The fourth-order valence-corrected chi connectivity index (χ4v) is 23.6. The standard InChI is InChI=1S/C39H40N4O4S.C32H34N4O2.C24H18BrN3O3S.C21H34BNO3.K.H2O/c1-26-8-16-33(17-9-26)48(45,46)43-21-20-34-35(25-41(4)39(44)38(34)43)37-19-13-31-24-30(12-18-36(31)40-37)29-10-14-32(15-11-29)47-23-22-42-27(2)6-5-7-28(42)3;1-21-5-4-6-22(2)36(21)17-18-38-26-11-7-23(8-12-26)24-9-13-29-25(19-24)10-14-30(34-29)28-20-35(3)32(37)31-27(28)15-16-33-31;1-15-3-7-18(8-4-15)32(30,31)28-12-11-19-20(14-27(2)24(29)23(19)28)22-9-5-16-13-17(25)6-10-21(16)26-22;1-16-8-7-9-17(2)23(16)14-15-24-19-12-10-18(11-13-19)22-25-20(3,4)21(5,6)26-22;;/h8-21,24-25,27-28H,5-7,22-23H2,1-4H3;7-16,19-22,33H,4-6,17-18H2,1-3H3;3-14H,1-2H3;10-13,16-17H,7-9,14-15H2,1-6H3;;1H2/q;;;;+1;/p-1/t27-,28+;21-,22+;;16-,17+;;. The first-order valence-electron chi connectivity index (χ1n) is 50.0. The molecule has 0 bridgehead atoms. The Labute approximate surface area is 905 Å². The van der Waals surface area contributed by atoms with Crippen LogP contribution in [0.25, 0.3) is 121 Å². The molecule has 0 radical (unpaired) electrons. The van der Waals surface area contributed by atoms with Crippen molar-refractivity contribution in [3.63, 3.8) is 0 Å². The van der Waals surface area contributed by atoms with Gasteiger partial charge in [-0.2, -0.15) is 0 Å². The summed E-state index contributed by atoms with van der Waals surface area (Å²) in [5, 5.41) is 4.98. The number of rotatable bonds is 22. The number of aryl methyl sites for hydroxylation is 5. The molecule has 0 amide bonds. The van der Waals surface area contributed by atoms with E-state index >= 15 is 0 Å². The summed E-state index contributed by atoms with van der Waals surface area (Å²) in [4.78, 5) is 64.4. The Balaban J connectivity index is 0.000000142. The smallest absolute Gasteiger partial charge is 0.870 e. The molecule has 0 saturated carbocycles. The third kappa shape index (κ3) is 23.1. The first-order chi connectivity index (χ1) is 69.0. The zero-order valence-electron chi connectivity index (χ0n) is 86.0. The molecule has 0 aliphatic carbocycles. The van der Waals surface area contributed by atoms with E-state index in [1.54, 1.807) is 105 Å². The van der Waals surface area contributed by atoms with Crippen LogP contribution in [0.4, 0.5) is 0 Å². The van der Waals surface area contributed by atoms with E-state index in [0.717, 1.165) is 144 Å². The number of piperidine rings is 3. The summed E-state index contributed by atoms with van der Waals surface area (Å²) in [6.07, 6.45) is 21.6. The van der Waals surface area contributed by atoms with E-state index in [0.29, 0.717) is 88.3 Å². The monoisotopic (exact) mass is 2090 g/mol. The molecule has 146 heavy (non-hydrogen) atoms. The van der Waals surface area contributed by atoms with Crippen LogP contribution in [0.3, 0.4) is 0 Å². The molecule has 21 rings (SSSR count). The number of fused-ring (bicyclic) bond motifs is 6. The predicted octanol–water partition coefficient (Wildman–Crippen LogP) is 19.1. The zero-order valence-corrected chi connectivity index (χ0v) is 92.4. The van der Waals surface area contributed by atoms with Crippen LogP contribution in [-0.2, 0) is 50.5 Å². The fourth-order valence-electron chi connectivity index (χ4n) is 20.5. The van der Waals surface area contributed by atoms with Crippen LogP contribution >= 0.6 is 15.9 Å². The molecule has 30 heteroatoms. The van der Waals surface area contributed by atoms with Crippen molar-refractivity contribution in [3.8, 4) is 73.3 Å². The molecule has 8 aromatic carbocycles. The van der Waals surface area contributed by atoms with E-state index in [2.05, 4.69) is 178 Å². The number of hydrogen-bond acceptors (Lipinski definition) is 19. The molecule has 0 unspecified atom stereocenters. The van der Waals surface area contributed by atoms with Crippen LogP contribution in [0.2, 0.25) is 0 Å². The van der Waals surface area contributed by atoms with Crippen molar-refractivity contribution < 1.29 is 97.2 Å². The Morgan fingerprint density at radius 3 is 1.10 bits per heavy atom. The molecule has 4 aliphatic rings. The van der Waals surface area contributed by atoms with Gasteiger partial charge in [0.15, 0.2) is 0 Å². The third-order valence-corrected chi connectivity index (χ3v) is 33.5. The van der Waals surface area contributed by atoms with Gasteiger partial charge in [-0.15, -0.1) is 0 Å². The third-order valence-electron chi connectivity index (χ3n) is 29.6. The summed E-state index contributed by atoms with van der Waals surface area (Å²) < 4.78 is 91.8. The number of hydrogen-bond donors (Lipinski definition) is 1. The van der Waals surface area contributed by atoms with E-state index < -0.39 is 31.2 Å². The summed E-state index contributed by atoms with van der Waals surface area (Å²) in [6.45, 7) is 31.0. The van der Waals surface area contributed by atoms with Gasteiger partial charge in [-0.1, -0.05) is 137 Å². The van der Waals surface area contributed by atoms with Crippen molar-refractivity contribution in [2.45, 2.75) is 198 Å². The number of halogens is 1. The van der Waals surface area contributed by atoms with Crippen LogP contribution in [0.5, 0.6) is 17.2 Å². The Kier molecular flexibility index (Phi) is 33.4. The molecule has 752 valence electrons. The summed E-state index contributed by atoms with van der Waals surface area (Å²) in [6, 6.07) is 77.2. The summed E-state index contributed by atoms with van der Waals surface area (Å²) >= 11 is 3.46. The number of likely N-dealkylation sites (tertiary alicyclic amines) is 3. The van der Waals surface area contributed by atoms with Crippen molar-refractivity contribution in [3.05, 3.63) is 314 Å². The average Bonchev–Trinajstić information content (AvgIpc) is 1.57. The topological polar surface area (TPSA) is 284 Å². The molecule has 13 heterocycles. The van der Waals surface area contributed by atoms with Crippen molar-refractivity contribution >= 4 is 114 Å². The largest absolute Gasteiger partial charge is 1.00 e. The zero-order chi connectivity index (χ0) is 101. The molecule has 0 spiro atoms. The summed E-state index contributed by atoms with van der Waals surface area (Å²) in [5.74, 6) is 2.68. The molecular formula is C116H127BBrKN12O13S2. The van der Waals surface area contributed by atoms with Gasteiger partial charge in [-0.05, 0) is 289 Å². The Morgan fingerprint density at radius 1 is 0.404 bits per heavy atom. The Morgan fingerprint density at radius 2 is 0.733 bits per heavy atom.